The van der Waals surface area contributed by atoms with E-state index >= 15 is 0 Å². The number of likely N-dealkylation sites (N-methyl/N-ethyl adjacent to an activating group) is 1. The molecule has 146 valence electrons. The van der Waals surface area contributed by atoms with E-state index in [9.17, 15) is 4.79 Å². The Bertz CT molecular complexity index is 907. The first-order valence-corrected chi connectivity index (χ1v) is 9.96. The van der Waals surface area contributed by atoms with Gasteiger partial charge in [0.1, 0.15) is 12.4 Å². The number of aryl methyl sites for hydroxylation is 2. The van der Waals surface area contributed by atoms with Crippen molar-refractivity contribution in [2.24, 2.45) is 0 Å². The van der Waals surface area contributed by atoms with Crippen LogP contribution in [0.25, 0.3) is 11.5 Å². The molecule has 3 rings (SSSR count). The SMILES string of the molecule is Cc1cc(C)cc(OCCN(C)C(=O)CSc2nnc(-c3ccccc3)o2)c1. The number of thioether (sulfide) groups is 1. The normalized spacial score (nSPS) is 10.7. The molecular formula is C21H23N3O3S. The highest BCUT2D eigenvalue weighted by Gasteiger charge is 2.14. The molecule has 6 nitrogen and oxygen atoms in total. The summed E-state index contributed by atoms with van der Waals surface area (Å²) in [5.41, 5.74) is 3.17. The monoisotopic (exact) mass is 397 g/mol. The zero-order chi connectivity index (χ0) is 19.9. The van der Waals surface area contributed by atoms with E-state index in [2.05, 4.69) is 16.3 Å². The molecule has 1 aromatic heterocycles. The minimum absolute atomic E-state index is 0.0199. The number of amides is 1. The Morgan fingerprint density at radius 2 is 1.82 bits per heavy atom. The molecule has 0 unspecified atom stereocenters. The van der Waals surface area contributed by atoms with Gasteiger partial charge in [-0.2, -0.15) is 0 Å². The van der Waals surface area contributed by atoms with E-state index < -0.39 is 0 Å². The molecule has 0 bridgehead atoms. The van der Waals surface area contributed by atoms with E-state index in [1.165, 1.54) is 11.8 Å². The third-order valence-corrected chi connectivity index (χ3v) is 4.87. The molecule has 0 atom stereocenters. The van der Waals surface area contributed by atoms with E-state index in [-0.39, 0.29) is 11.7 Å². The summed E-state index contributed by atoms with van der Waals surface area (Å²) in [5.74, 6) is 1.49. The van der Waals surface area contributed by atoms with Crippen molar-refractivity contribution in [3.05, 3.63) is 59.7 Å². The summed E-state index contributed by atoms with van der Waals surface area (Å²) in [6, 6.07) is 15.6. The zero-order valence-electron chi connectivity index (χ0n) is 16.2. The van der Waals surface area contributed by atoms with Crippen molar-refractivity contribution in [3.8, 4) is 17.2 Å². The molecular weight excluding hydrogens is 374 g/mol. The Hall–Kier alpha value is -2.80. The van der Waals surface area contributed by atoms with Crippen molar-refractivity contribution < 1.29 is 13.9 Å². The Morgan fingerprint density at radius 3 is 2.54 bits per heavy atom. The molecule has 1 amide bonds. The van der Waals surface area contributed by atoms with Crippen LogP contribution in [-0.4, -0.2) is 47.0 Å². The number of aromatic nitrogens is 2. The minimum atomic E-state index is -0.0199. The Labute approximate surface area is 168 Å². The first kappa shape index (κ1) is 19.9. The number of nitrogens with zero attached hydrogens (tertiary/aromatic N) is 3. The molecule has 28 heavy (non-hydrogen) atoms. The Morgan fingerprint density at radius 1 is 1.11 bits per heavy atom. The van der Waals surface area contributed by atoms with Crippen LogP contribution in [0, 0.1) is 13.8 Å². The average molecular weight is 398 g/mol. The van der Waals surface area contributed by atoms with Gasteiger partial charge in [-0.15, -0.1) is 10.2 Å². The summed E-state index contributed by atoms with van der Waals surface area (Å²) in [6.07, 6.45) is 0. The molecule has 0 aliphatic heterocycles. The summed E-state index contributed by atoms with van der Waals surface area (Å²) in [6.45, 7) is 5.01. The van der Waals surface area contributed by atoms with Gasteiger partial charge in [0.25, 0.3) is 5.22 Å². The zero-order valence-corrected chi connectivity index (χ0v) is 17.0. The maximum Gasteiger partial charge on any atom is 0.277 e. The smallest absolute Gasteiger partial charge is 0.277 e. The van der Waals surface area contributed by atoms with Crippen molar-refractivity contribution in [2.45, 2.75) is 19.1 Å². The number of hydrogen-bond donors (Lipinski definition) is 0. The van der Waals surface area contributed by atoms with E-state index in [0.717, 1.165) is 22.4 Å². The van der Waals surface area contributed by atoms with Gasteiger partial charge in [0, 0.05) is 12.6 Å². The van der Waals surface area contributed by atoms with Crippen LogP contribution in [0.1, 0.15) is 11.1 Å². The second-order valence-electron chi connectivity index (χ2n) is 6.51. The van der Waals surface area contributed by atoms with Gasteiger partial charge < -0.3 is 14.1 Å². The first-order chi connectivity index (χ1) is 13.5. The van der Waals surface area contributed by atoms with Gasteiger partial charge in [-0.25, -0.2) is 0 Å². The van der Waals surface area contributed by atoms with Crippen LogP contribution in [0.3, 0.4) is 0 Å². The molecule has 7 heteroatoms. The van der Waals surface area contributed by atoms with Crippen molar-refractivity contribution in [3.63, 3.8) is 0 Å². The third kappa shape index (κ3) is 5.60. The lowest BCUT2D eigenvalue weighted by Gasteiger charge is -2.17. The fourth-order valence-electron chi connectivity index (χ4n) is 2.64. The van der Waals surface area contributed by atoms with Crippen LogP contribution in [-0.2, 0) is 4.79 Å². The molecule has 2 aromatic carbocycles. The van der Waals surface area contributed by atoms with Crippen LogP contribution < -0.4 is 4.74 Å². The lowest BCUT2D eigenvalue weighted by atomic mass is 10.1. The van der Waals surface area contributed by atoms with Gasteiger partial charge in [0.2, 0.25) is 11.8 Å². The molecule has 0 aliphatic rings. The van der Waals surface area contributed by atoms with Crippen LogP contribution >= 0.6 is 11.8 Å². The fraction of sp³-hybridized carbons (Fsp3) is 0.286. The van der Waals surface area contributed by atoms with Gasteiger partial charge in [-0.05, 0) is 49.2 Å². The number of ether oxygens (including phenoxy) is 1. The molecule has 0 aliphatic carbocycles. The first-order valence-electron chi connectivity index (χ1n) is 8.98. The molecule has 0 fully saturated rings. The molecule has 3 aromatic rings. The lowest BCUT2D eigenvalue weighted by Crippen LogP contribution is -2.32. The van der Waals surface area contributed by atoms with Gasteiger partial charge >= 0.3 is 0 Å². The number of carbonyl (C=O) groups is 1. The fourth-order valence-corrected chi connectivity index (χ4v) is 3.34. The van der Waals surface area contributed by atoms with Gasteiger partial charge in [0.05, 0.1) is 12.3 Å². The number of carbonyl (C=O) groups excluding carboxylic acids is 1. The van der Waals surface area contributed by atoms with Crippen molar-refractivity contribution >= 4 is 17.7 Å². The summed E-state index contributed by atoms with van der Waals surface area (Å²) >= 11 is 1.23. The van der Waals surface area contributed by atoms with Crippen LogP contribution in [0.4, 0.5) is 0 Å². The standard InChI is InChI=1S/C21H23N3O3S/c1-15-11-16(2)13-18(12-15)26-10-9-24(3)19(25)14-28-21-23-22-20(27-21)17-7-5-4-6-8-17/h4-8,11-13H,9-10,14H2,1-3H3. The maximum atomic E-state index is 12.3. The predicted octanol–water partition coefficient (Wildman–Crippen LogP) is 3.98. The number of hydrogen-bond acceptors (Lipinski definition) is 6. The van der Waals surface area contributed by atoms with Crippen LogP contribution in [0.2, 0.25) is 0 Å². The molecule has 0 radical (unpaired) electrons. The Balaban J connectivity index is 1.44. The van der Waals surface area contributed by atoms with Crippen molar-refractivity contribution in [2.75, 3.05) is 26.0 Å². The Kier molecular flexibility index (Phi) is 6.71. The molecule has 0 spiro atoms. The molecule has 1 heterocycles. The largest absolute Gasteiger partial charge is 0.492 e. The quantitative estimate of drug-likeness (QED) is 0.536. The van der Waals surface area contributed by atoms with Crippen molar-refractivity contribution in [1.82, 2.24) is 15.1 Å². The molecule has 0 saturated carbocycles. The van der Waals surface area contributed by atoms with Gasteiger partial charge in [-0.1, -0.05) is 36.0 Å². The average Bonchev–Trinajstić information content (AvgIpc) is 3.15. The molecule has 0 saturated heterocycles. The number of rotatable bonds is 8. The van der Waals surface area contributed by atoms with Crippen LogP contribution in [0.15, 0.2) is 58.2 Å². The summed E-state index contributed by atoms with van der Waals surface area (Å²) in [7, 11) is 1.76. The minimum Gasteiger partial charge on any atom is -0.492 e. The second-order valence-corrected chi connectivity index (χ2v) is 7.44. The van der Waals surface area contributed by atoms with E-state index in [1.54, 1.807) is 11.9 Å². The maximum absolute atomic E-state index is 12.3. The summed E-state index contributed by atoms with van der Waals surface area (Å²) in [5, 5.41) is 8.40. The van der Waals surface area contributed by atoms with Crippen LogP contribution in [0.5, 0.6) is 5.75 Å². The van der Waals surface area contributed by atoms with E-state index in [1.807, 2.05) is 56.3 Å². The summed E-state index contributed by atoms with van der Waals surface area (Å²) in [4.78, 5) is 13.9. The van der Waals surface area contributed by atoms with E-state index in [0.29, 0.717) is 24.3 Å². The van der Waals surface area contributed by atoms with E-state index in [4.69, 9.17) is 9.15 Å². The number of benzene rings is 2. The highest BCUT2D eigenvalue weighted by molar-refractivity contribution is 7.99. The van der Waals surface area contributed by atoms with Crippen molar-refractivity contribution in [1.29, 1.82) is 0 Å². The topological polar surface area (TPSA) is 68.5 Å². The lowest BCUT2D eigenvalue weighted by molar-refractivity contribution is -0.127. The molecule has 0 N–H and O–H groups in total. The van der Waals surface area contributed by atoms with Gasteiger partial charge in [0.15, 0.2) is 0 Å². The third-order valence-electron chi connectivity index (χ3n) is 4.06. The highest BCUT2D eigenvalue weighted by Crippen LogP contribution is 2.23. The summed E-state index contributed by atoms with van der Waals surface area (Å²) < 4.78 is 11.4. The second kappa shape index (κ2) is 9.41. The predicted molar refractivity (Wildman–Crippen MR) is 110 cm³/mol. The van der Waals surface area contributed by atoms with Gasteiger partial charge in [-0.3, -0.25) is 4.79 Å². The highest BCUT2D eigenvalue weighted by atomic mass is 32.2.